The Bertz CT molecular complexity index is 1660. The normalized spacial score (nSPS) is 16.6. The first-order chi connectivity index (χ1) is 19.6. The molecule has 0 radical (unpaired) electrons. The Morgan fingerprint density at radius 1 is 1.00 bits per heavy atom. The lowest BCUT2D eigenvalue weighted by Gasteiger charge is -2.29. The van der Waals surface area contributed by atoms with E-state index in [1.807, 2.05) is 97.2 Å². The highest BCUT2D eigenvalue weighted by atomic mass is 32.1. The van der Waals surface area contributed by atoms with Crippen molar-refractivity contribution >= 4 is 39.7 Å². The maximum absolute atomic E-state index is 13.2. The van der Waals surface area contributed by atoms with Gasteiger partial charge in [-0.1, -0.05) is 48.5 Å². The molecule has 6 rings (SSSR count). The number of carbonyl (C=O) groups excluding carboxylic acids is 1. The van der Waals surface area contributed by atoms with E-state index in [1.54, 1.807) is 13.3 Å². The summed E-state index contributed by atoms with van der Waals surface area (Å²) in [6.07, 6.45) is 4.10. The summed E-state index contributed by atoms with van der Waals surface area (Å²) in [4.78, 5) is 19.9. The number of hydrogen-bond donors (Lipinski definition) is 2. The smallest absolute Gasteiger partial charge is 0.226 e. The van der Waals surface area contributed by atoms with Gasteiger partial charge in [-0.05, 0) is 60.1 Å². The topological polar surface area (TPSA) is 71.4 Å². The molecule has 1 aliphatic heterocycles. The number of nitrogens with zero attached hydrogens (tertiary/aromatic N) is 3. The van der Waals surface area contributed by atoms with Crippen LogP contribution in [0.25, 0.3) is 16.5 Å². The van der Waals surface area contributed by atoms with Crippen LogP contribution in [-0.2, 0) is 4.79 Å². The van der Waals surface area contributed by atoms with Crippen molar-refractivity contribution in [1.29, 1.82) is 0 Å². The fourth-order valence-electron chi connectivity index (χ4n) is 5.37. The maximum atomic E-state index is 13.2. The second-order valence-electron chi connectivity index (χ2n) is 9.65. The molecule has 0 bridgehead atoms. The van der Waals surface area contributed by atoms with E-state index in [-0.39, 0.29) is 24.4 Å². The van der Waals surface area contributed by atoms with Gasteiger partial charge in [0.2, 0.25) is 5.91 Å². The van der Waals surface area contributed by atoms with Crippen LogP contribution in [0.5, 0.6) is 5.75 Å². The SMILES string of the molecule is COc1cccc(-n2cccc2[C@H]2[C@@H](c3ccccn3)NC(=S)N2CCC(=O)Nc2cccc3ccccc23)c1. The Morgan fingerprint density at radius 2 is 1.82 bits per heavy atom. The zero-order valence-electron chi connectivity index (χ0n) is 22.0. The average molecular weight is 548 g/mol. The van der Waals surface area contributed by atoms with Gasteiger partial charge in [0.05, 0.1) is 24.9 Å². The lowest BCUT2D eigenvalue weighted by Crippen LogP contribution is -2.33. The summed E-state index contributed by atoms with van der Waals surface area (Å²) in [5.74, 6) is 0.711. The number of ether oxygens (including phenoxy) is 1. The average Bonchev–Trinajstić information content (AvgIpc) is 3.61. The number of carbonyl (C=O) groups is 1. The van der Waals surface area contributed by atoms with E-state index in [9.17, 15) is 4.79 Å². The summed E-state index contributed by atoms with van der Waals surface area (Å²) in [6, 6.07) is 31.5. The van der Waals surface area contributed by atoms with Crippen LogP contribution in [0.3, 0.4) is 0 Å². The van der Waals surface area contributed by atoms with Gasteiger partial charge in [0.1, 0.15) is 5.75 Å². The monoisotopic (exact) mass is 547 g/mol. The van der Waals surface area contributed by atoms with Crippen molar-refractivity contribution in [2.45, 2.75) is 18.5 Å². The molecular formula is C32H29N5O2S. The van der Waals surface area contributed by atoms with Crippen LogP contribution in [0.2, 0.25) is 0 Å². The third-order valence-electron chi connectivity index (χ3n) is 7.26. The summed E-state index contributed by atoms with van der Waals surface area (Å²) in [5, 5.41) is 9.28. The van der Waals surface area contributed by atoms with Crippen LogP contribution in [0.1, 0.15) is 29.9 Å². The summed E-state index contributed by atoms with van der Waals surface area (Å²) < 4.78 is 7.62. The second-order valence-corrected chi connectivity index (χ2v) is 10.0. The molecule has 1 amide bonds. The molecule has 0 unspecified atom stereocenters. The summed E-state index contributed by atoms with van der Waals surface area (Å²) in [7, 11) is 1.66. The van der Waals surface area contributed by atoms with Crippen LogP contribution in [-0.4, -0.2) is 39.1 Å². The number of pyridine rings is 1. The summed E-state index contributed by atoms with van der Waals surface area (Å²) >= 11 is 5.84. The van der Waals surface area contributed by atoms with Gasteiger partial charge in [-0.3, -0.25) is 9.78 Å². The number of rotatable bonds is 8. The van der Waals surface area contributed by atoms with Gasteiger partial charge >= 0.3 is 0 Å². The molecule has 40 heavy (non-hydrogen) atoms. The molecular weight excluding hydrogens is 518 g/mol. The highest BCUT2D eigenvalue weighted by Gasteiger charge is 2.41. The largest absolute Gasteiger partial charge is 0.497 e. The molecule has 5 aromatic rings. The summed E-state index contributed by atoms with van der Waals surface area (Å²) in [5.41, 5.74) is 3.70. The van der Waals surface area contributed by atoms with Crippen LogP contribution in [0, 0.1) is 0 Å². The molecule has 3 aromatic carbocycles. The van der Waals surface area contributed by atoms with Crippen LogP contribution < -0.4 is 15.4 Å². The molecule has 2 N–H and O–H groups in total. The minimum atomic E-state index is -0.186. The van der Waals surface area contributed by atoms with Crippen molar-refractivity contribution < 1.29 is 9.53 Å². The Kier molecular flexibility index (Phi) is 7.16. The fourth-order valence-corrected chi connectivity index (χ4v) is 5.70. The minimum absolute atomic E-state index is 0.0673. The number of amides is 1. The van der Waals surface area contributed by atoms with Gasteiger partial charge in [0, 0.05) is 53.9 Å². The number of thiocarbonyl (C=S) groups is 1. The molecule has 2 aromatic heterocycles. The van der Waals surface area contributed by atoms with Gasteiger partial charge in [0.15, 0.2) is 5.11 Å². The number of benzene rings is 3. The fraction of sp³-hybridized carbons (Fsp3) is 0.156. The zero-order valence-corrected chi connectivity index (χ0v) is 22.8. The first-order valence-electron chi connectivity index (χ1n) is 13.2. The second kappa shape index (κ2) is 11.2. The first kappa shape index (κ1) is 25.6. The third kappa shape index (κ3) is 5.01. The Balaban J connectivity index is 1.29. The number of hydrogen-bond acceptors (Lipinski definition) is 4. The molecule has 1 aliphatic rings. The molecule has 0 spiro atoms. The lowest BCUT2D eigenvalue weighted by molar-refractivity contribution is -0.116. The van der Waals surface area contributed by atoms with Gasteiger partial charge in [-0.25, -0.2) is 0 Å². The standard InChI is InChI=1S/C32H29N5O2S/c1-39-24-12-7-11-23(21-24)36-19-8-16-28(36)31-30(27-14-4-5-18-33-27)35-32(40)37(31)20-17-29(38)34-26-15-6-10-22-9-2-3-13-25(22)26/h2-16,18-19,21,30-31H,17,20H2,1H3,(H,34,38)(H,35,40)/t30-,31+/m1/s1. The highest BCUT2D eigenvalue weighted by molar-refractivity contribution is 7.80. The highest BCUT2D eigenvalue weighted by Crippen LogP contribution is 2.40. The zero-order chi connectivity index (χ0) is 27.5. The Morgan fingerprint density at radius 3 is 2.67 bits per heavy atom. The molecule has 1 saturated heterocycles. The first-order valence-corrected chi connectivity index (χ1v) is 13.6. The molecule has 2 atom stereocenters. The molecule has 1 fully saturated rings. The molecule has 200 valence electrons. The Labute approximate surface area is 238 Å². The molecule has 0 aliphatic carbocycles. The van der Waals surface area contributed by atoms with E-state index in [1.165, 1.54) is 0 Å². The van der Waals surface area contributed by atoms with Crippen molar-refractivity contribution in [2.75, 3.05) is 19.0 Å². The van der Waals surface area contributed by atoms with Gasteiger partial charge in [0.25, 0.3) is 0 Å². The molecule has 8 heteroatoms. The quantitative estimate of drug-likeness (QED) is 0.231. The van der Waals surface area contributed by atoms with E-state index in [2.05, 4.69) is 31.2 Å². The van der Waals surface area contributed by atoms with Crippen LogP contribution in [0.15, 0.2) is 109 Å². The number of methoxy groups -OCH3 is 1. The molecule has 0 saturated carbocycles. The van der Waals surface area contributed by atoms with E-state index in [0.29, 0.717) is 11.7 Å². The van der Waals surface area contributed by atoms with Crippen molar-refractivity contribution in [3.63, 3.8) is 0 Å². The van der Waals surface area contributed by atoms with E-state index in [0.717, 1.165) is 39.3 Å². The number of aromatic nitrogens is 2. The van der Waals surface area contributed by atoms with Crippen molar-refractivity contribution in [3.05, 3.63) is 121 Å². The Hall–Kier alpha value is -4.69. The van der Waals surface area contributed by atoms with Crippen LogP contribution in [0.4, 0.5) is 5.69 Å². The number of fused-ring (bicyclic) bond motifs is 1. The molecule has 3 heterocycles. The van der Waals surface area contributed by atoms with Gasteiger partial charge in [-0.2, -0.15) is 0 Å². The maximum Gasteiger partial charge on any atom is 0.226 e. The predicted molar refractivity (Wildman–Crippen MR) is 162 cm³/mol. The van der Waals surface area contributed by atoms with Crippen molar-refractivity contribution in [3.8, 4) is 11.4 Å². The van der Waals surface area contributed by atoms with Crippen molar-refractivity contribution in [1.82, 2.24) is 19.8 Å². The van der Waals surface area contributed by atoms with E-state index < -0.39 is 0 Å². The minimum Gasteiger partial charge on any atom is -0.497 e. The van der Waals surface area contributed by atoms with Crippen LogP contribution >= 0.6 is 12.2 Å². The number of anilines is 1. The van der Waals surface area contributed by atoms with E-state index in [4.69, 9.17) is 17.0 Å². The third-order valence-corrected chi connectivity index (χ3v) is 7.61. The number of nitrogens with one attached hydrogen (secondary N) is 2. The van der Waals surface area contributed by atoms with Crippen molar-refractivity contribution in [2.24, 2.45) is 0 Å². The lowest BCUT2D eigenvalue weighted by atomic mass is 10.0. The summed E-state index contributed by atoms with van der Waals surface area (Å²) in [6.45, 7) is 0.444. The van der Waals surface area contributed by atoms with Gasteiger partial charge < -0.3 is 24.8 Å². The van der Waals surface area contributed by atoms with E-state index >= 15 is 0 Å². The predicted octanol–water partition coefficient (Wildman–Crippen LogP) is 6.04. The van der Waals surface area contributed by atoms with Gasteiger partial charge in [-0.15, -0.1) is 0 Å². The molecule has 7 nitrogen and oxygen atoms in total.